The highest BCUT2D eigenvalue weighted by atomic mass is 79.9. The highest BCUT2D eigenvalue weighted by Crippen LogP contribution is 2.29. The number of rotatable bonds is 7. The predicted octanol–water partition coefficient (Wildman–Crippen LogP) is 6.54. The third-order valence-corrected chi connectivity index (χ3v) is 5.68. The molecule has 0 saturated carbocycles. The van der Waals surface area contributed by atoms with Gasteiger partial charge in [0.25, 0.3) is 5.91 Å². The Balaban J connectivity index is 1.89. The summed E-state index contributed by atoms with van der Waals surface area (Å²) in [6.45, 7) is 2.14. The van der Waals surface area contributed by atoms with Gasteiger partial charge in [0.15, 0.2) is 0 Å². The second-order valence-corrected chi connectivity index (χ2v) is 8.16. The van der Waals surface area contributed by atoms with Crippen LogP contribution in [0.15, 0.2) is 70.7 Å². The Morgan fingerprint density at radius 2 is 1.97 bits per heavy atom. The fraction of sp³-hybridized carbons (Fsp3) is 0.120. The maximum absolute atomic E-state index is 12.8. The molecule has 1 N–H and O–H groups in total. The Labute approximate surface area is 200 Å². The number of nitrogens with zero attached hydrogens (tertiary/aromatic N) is 1. The van der Waals surface area contributed by atoms with E-state index in [9.17, 15) is 10.1 Å². The van der Waals surface area contributed by atoms with Crippen molar-refractivity contribution < 1.29 is 14.3 Å². The van der Waals surface area contributed by atoms with Crippen LogP contribution in [0.3, 0.4) is 0 Å². The molecule has 5 nitrogen and oxygen atoms in total. The fourth-order valence-electron chi connectivity index (χ4n) is 2.88. The monoisotopic (exact) mass is 510 g/mol. The molecule has 0 aliphatic heterocycles. The van der Waals surface area contributed by atoms with Crippen molar-refractivity contribution in [3.63, 3.8) is 0 Å². The fourth-order valence-corrected chi connectivity index (χ4v) is 3.45. The molecule has 0 aliphatic rings. The molecule has 0 spiro atoms. The lowest BCUT2D eigenvalue weighted by Crippen LogP contribution is -2.14. The molecule has 0 saturated heterocycles. The lowest BCUT2D eigenvalue weighted by molar-refractivity contribution is -0.112. The number of methoxy groups -OCH3 is 1. The molecule has 7 heteroatoms. The number of amides is 1. The maximum Gasteiger partial charge on any atom is 0.266 e. The average molecular weight is 512 g/mol. The number of carbonyl (C=O) groups is 1. The van der Waals surface area contributed by atoms with E-state index >= 15 is 0 Å². The number of nitrogens with one attached hydrogen (secondary N) is 1. The predicted molar refractivity (Wildman–Crippen MR) is 130 cm³/mol. The molecule has 0 aromatic heterocycles. The molecule has 0 unspecified atom stereocenters. The van der Waals surface area contributed by atoms with E-state index in [2.05, 4.69) is 21.2 Å². The van der Waals surface area contributed by atoms with Gasteiger partial charge in [0.2, 0.25) is 0 Å². The first-order valence-electron chi connectivity index (χ1n) is 9.65. The summed E-state index contributed by atoms with van der Waals surface area (Å²) in [5, 5.41) is 12.9. The van der Waals surface area contributed by atoms with Gasteiger partial charge in [-0.15, -0.1) is 0 Å². The van der Waals surface area contributed by atoms with E-state index in [0.29, 0.717) is 34.4 Å². The molecule has 0 bridgehead atoms. The normalized spacial score (nSPS) is 10.9. The van der Waals surface area contributed by atoms with Crippen molar-refractivity contribution >= 4 is 45.2 Å². The second-order valence-electron chi connectivity index (χ2n) is 6.87. The Bertz CT molecular complexity index is 1220. The van der Waals surface area contributed by atoms with Crippen molar-refractivity contribution in [1.82, 2.24) is 0 Å². The molecule has 0 atom stereocenters. The third kappa shape index (κ3) is 5.91. The van der Waals surface area contributed by atoms with Crippen molar-refractivity contribution in [2.24, 2.45) is 0 Å². The quantitative estimate of drug-likeness (QED) is 0.289. The number of anilines is 1. The molecule has 3 aromatic carbocycles. The van der Waals surface area contributed by atoms with Gasteiger partial charge in [0.1, 0.15) is 29.7 Å². The van der Waals surface area contributed by atoms with Crippen LogP contribution in [-0.4, -0.2) is 13.0 Å². The molecule has 162 valence electrons. The van der Waals surface area contributed by atoms with Gasteiger partial charge in [-0.1, -0.05) is 51.8 Å². The van der Waals surface area contributed by atoms with E-state index < -0.39 is 5.91 Å². The zero-order chi connectivity index (χ0) is 23.1. The molecule has 3 rings (SSSR count). The highest BCUT2D eigenvalue weighted by Gasteiger charge is 2.14. The summed E-state index contributed by atoms with van der Waals surface area (Å²) < 4.78 is 12.2. The van der Waals surface area contributed by atoms with Crippen molar-refractivity contribution in [3.05, 3.63) is 92.4 Å². The van der Waals surface area contributed by atoms with Gasteiger partial charge in [0, 0.05) is 32.4 Å². The number of aryl methyl sites for hydroxylation is 1. The summed E-state index contributed by atoms with van der Waals surface area (Å²) in [6, 6.07) is 20.1. The molecule has 32 heavy (non-hydrogen) atoms. The molecular weight excluding hydrogens is 492 g/mol. The number of carbonyl (C=O) groups excluding carboxylic acids is 1. The van der Waals surface area contributed by atoms with Crippen LogP contribution in [0.1, 0.15) is 16.7 Å². The number of halogens is 2. The lowest BCUT2D eigenvalue weighted by Gasteiger charge is -2.13. The van der Waals surface area contributed by atoms with E-state index in [1.54, 1.807) is 43.5 Å². The molecule has 1 amide bonds. The maximum atomic E-state index is 12.8. The van der Waals surface area contributed by atoms with Gasteiger partial charge >= 0.3 is 0 Å². The van der Waals surface area contributed by atoms with Crippen LogP contribution in [-0.2, 0) is 11.4 Å². The second kappa shape index (κ2) is 10.9. The number of ether oxygens (including phenoxy) is 2. The van der Waals surface area contributed by atoms with Crippen LogP contribution in [0.25, 0.3) is 6.08 Å². The summed E-state index contributed by atoms with van der Waals surface area (Å²) >= 11 is 9.53. The minimum absolute atomic E-state index is 0.0692. The van der Waals surface area contributed by atoms with Crippen molar-refractivity contribution in [2.45, 2.75) is 13.5 Å². The summed E-state index contributed by atoms with van der Waals surface area (Å²) in [4.78, 5) is 12.8. The molecule has 0 fully saturated rings. The number of nitriles is 1. The van der Waals surface area contributed by atoms with E-state index in [4.69, 9.17) is 21.1 Å². The topological polar surface area (TPSA) is 71.3 Å². The SMILES string of the molecule is COc1ccc(/C=C(\C#N)C(=O)Nc2cc(Cl)ccc2C)c(OCc2ccccc2Br)c1. The lowest BCUT2D eigenvalue weighted by atomic mass is 10.1. The van der Waals surface area contributed by atoms with E-state index in [0.717, 1.165) is 15.6 Å². The van der Waals surface area contributed by atoms with E-state index in [-0.39, 0.29) is 5.57 Å². The largest absolute Gasteiger partial charge is 0.497 e. The van der Waals surface area contributed by atoms with Gasteiger partial charge in [-0.25, -0.2) is 0 Å². The molecule has 0 aliphatic carbocycles. The van der Waals surface area contributed by atoms with Gasteiger partial charge in [-0.3, -0.25) is 4.79 Å². The first-order chi connectivity index (χ1) is 15.4. The molecular formula is C25H20BrClN2O3. The summed E-state index contributed by atoms with van der Waals surface area (Å²) in [7, 11) is 1.56. The van der Waals surface area contributed by atoms with Crippen LogP contribution < -0.4 is 14.8 Å². The van der Waals surface area contributed by atoms with Crippen molar-refractivity contribution in [1.29, 1.82) is 5.26 Å². The summed E-state index contributed by atoms with van der Waals surface area (Å²) in [5.74, 6) is 0.548. The summed E-state index contributed by atoms with van der Waals surface area (Å²) in [6.07, 6.45) is 1.49. The third-order valence-electron chi connectivity index (χ3n) is 4.67. The average Bonchev–Trinajstić information content (AvgIpc) is 2.79. The van der Waals surface area contributed by atoms with Crippen LogP contribution >= 0.6 is 27.5 Å². The number of hydrogen-bond acceptors (Lipinski definition) is 4. The van der Waals surface area contributed by atoms with Gasteiger partial charge < -0.3 is 14.8 Å². The van der Waals surface area contributed by atoms with Crippen LogP contribution in [0.2, 0.25) is 5.02 Å². The van der Waals surface area contributed by atoms with E-state index in [1.165, 1.54) is 6.08 Å². The number of benzene rings is 3. The van der Waals surface area contributed by atoms with Crippen LogP contribution in [0, 0.1) is 18.3 Å². The smallest absolute Gasteiger partial charge is 0.266 e. The highest BCUT2D eigenvalue weighted by molar-refractivity contribution is 9.10. The van der Waals surface area contributed by atoms with Gasteiger partial charge in [-0.05, 0) is 48.9 Å². The zero-order valence-corrected chi connectivity index (χ0v) is 19.8. The van der Waals surface area contributed by atoms with Crippen LogP contribution in [0.4, 0.5) is 5.69 Å². The van der Waals surface area contributed by atoms with Crippen LogP contribution in [0.5, 0.6) is 11.5 Å². The Morgan fingerprint density at radius 3 is 2.69 bits per heavy atom. The minimum Gasteiger partial charge on any atom is -0.497 e. The van der Waals surface area contributed by atoms with Crippen molar-refractivity contribution in [3.8, 4) is 17.6 Å². The Hall–Kier alpha value is -3.27. The van der Waals surface area contributed by atoms with Gasteiger partial charge in [-0.2, -0.15) is 5.26 Å². The van der Waals surface area contributed by atoms with E-state index in [1.807, 2.05) is 37.3 Å². The molecule has 0 radical (unpaired) electrons. The van der Waals surface area contributed by atoms with Gasteiger partial charge in [0.05, 0.1) is 7.11 Å². The Kier molecular flexibility index (Phi) is 7.93. The molecule has 0 heterocycles. The minimum atomic E-state index is -0.537. The standard InChI is InChI=1S/C25H20BrClN2O3/c1-16-7-9-20(27)12-23(16)29-25(30)19(14-28)11-17-8-10-21(31-2)13-24(17)32-15-18-5-3-4-6-22(18)26/h3-13H,15H2,1-2H3,(H,29,30)/b19-11+. The first-order valence-corrected chi connectivity index (χ1v) is 10.8. The zero-order valence-electron chi connectivity index (χ0n) is 17.5. The Morgan fingerprint density at radius 1 is 1.19 bits per heavy atom. The molecule has 3 aromatic rings. The van der Waals surface area contributed by atoms with Crippen molar-refractivity contribution in [2.75, 3.05) is 12.4 Å². The number of hydrogen-bond donors (Lipinski definition) is 1. The summed E-state index contributed by atoms with van der Waals surface area (Å²) in [5.41, 5.74) is 2.85. The first kappa shape index (κ1) is 23.4.